The molecule has 0 bridgehead atoms. The monoisotopic (exact) mass is 532 g/mol. The molecule has 0 radical (unpaired) electrons. The van der Waals surface area contributed by atoms with Gasteiger partial charge in [-0.05, 0) is 39.0 Å². The lowest BCUT2D eigenvalue weighted by molar-refractivity contribution is 0.106. The minimum Gasteiger partial charge on any atom is -0.497 e. The highest BCUT2D eigenvalue weighted by atomic mass is 127. The SMILES string of the molecule is CCNC(=NCCC1CCCO1)NC1CCN(c2cc(OC)cc(OC)c2)CC1.I. The maximum Gasteiger partial charge on any atom is 0.191 e. The van der Waals surface area contributed by atoms with Crippen LogP contribution in [0.2, 0.25) is 0 Å². The number of hydrogen-bond acceptors (Lipinski definition) is 5. The number of piperidine rings is 1. The molecule has 0 saturated carbocycles. The fourth-order valence-corrected chi connectivity index (χ4v) is 3.96. The lowest BCUT2D eigenvalue weighted by Gasteiger charge is -2.34. The molecule has 0 aliphatic carbocycles. The van der Waals surface area contributed by atoms with Crippen molar-refractivity contribution in [3.05, 3.63) is 18.2 Å². The van der Waals surface area contributed by atoms with E-state index < -0.39 is 0 Å². The third kappa shape index (κ3) is 7.37. The number of nitrogens with zero attached hydrogens (tertiary/aromatic N) is 2. The van der Waals surface area contributed by atoms with E-state index in [9.17, 15) is 0 Å². The van der Waals surface area contributed by atoms with Crippen molar-refractivity contribution < 1.29 is 14.2 Å². The summed E-state index contributed by atoms with van der Waals surface area (Å²) in [6, 6.07) is 6.49. The number of guanidine groups is 1. The second kappa shape index (κ2) is 13.1. The van der Waals surface area contributed by atoms with Crippen LogP contribution in [0.15, 0.2) is 23.2 Å². The van der Waals surface area contributed by atoms with Crippen molar-refractivity contribution in [3.63, 3.8) is 0 Å². The van der Waals surface area contributed by atoms with Gasteiger partial charge < -0.3 is 29.7 Å². The van der Waals surface area contributed by atoms with Crippen molar-refractivity contribution in [3.8, 4) is 11.5 Å². The van der Waals surface area contributed by atoms with Crippen molar-refractivity contribution in [1.29, 1.82) is 0 Å². The smallest absolute Gasteiger partial charge is 0.191 e. The summed E-state index contributed by atoms with van der Waals surface area (Å²) in [6.45, 7) is 6.67. The molecule has 30 heavy (non-hydrogen) atoms. The van der Waals surface area contributed by atoms with Crippen molar-refractivity contribution in [2.75, 3.05) is 51.9 Å². The van der Waals surface area contributed by atoms with E-state index in [4.69, 9.17) is 19.2 Å². The van der Waals surface area contributed by atoms with Crippen LogP contribution in [-0.2, 0) is 4.74 Å². The Morgan fingerprint density at radius 3 is 2.40 bits per heavy atom. The van der Waals surface area contributed by atoms with Gasteiger partial charge in [0, 0.05) is 62.7 Å². The number of ether oxygens (including phenoxy) is 3. The van der Waals surface area contributed by atoms with Gasteiger partial charge in [0.2, 0.25) is 0 Å². The second-order valence-electron chi connectivity index (χ2n) is 7.66. The first kappa shape index (κ1) is 24.8. The number of anilines is 1. The van der Waals surface area contributed by atoms with Gasteiger partial charge in [-0.1, -0.05) is 0 Å². The van der Waals surface area contributed by atoms with Crippen molar-refractivity contribution in [2.45, 2.75) is 51.2 Å². The molecule has 3 rings (SSSR count). The Kier molecular flexibility index (Phi) is 10.8. The highest BCUT2D eigenvalue weighted by Crippen LogP contribution is 2.30. The maximum absolute atomic E-state index is 5.70. The molecule has 2 heterocycles. The fourth-order valence-electron chi connectivity index (χ4n) is 3.96. The molecule has 0 spiro atoms. The summed E-state index contributed by atoms with van der Waals surface area (Å²) in [5.74, 6) is 2.58. The Labute approximate surface area is 197 Å². The minimum atomic E-state index is 0. The molecule has 0 amide bonds. The largest absolute Gasteiger partial charge is 0.497 e. The van der Waals surface area contributed by atoms with E-state index in [2.05, 4.69) is 34.6 Å². The Morgan fingerprint density at radius 2 is 1.83 bits per heavy atom. The molecule has 2 fully saturated rings. The van der Waals surface area contributed by atoms with Crippen LogP contribution in [-0.4, -0.2) is 65.1 Å². The van der Waals surface area contributed by atoms with Gasteiger partial charge in [0.1, 0.15) is 11.5 Å². The zero-order chi connectivity index (χ0) is 20.5. The molecule has 8 heteroatoms. The Bertz CT molecular complexity index is 638. The second-order valence-corrected chi connectivity index (χ2v) is 7.66. The predicted molar refractivity (Wildman–Crippen MR) is 133 cm³/mol. The van der Waals surface area contributed by atoms with Gasteiger partial charge >= 0.3 is 0 Å². The standard InChI is InChI=1S/C22H36N4O3.HI/c1-4-23-22(24-10-7-19-6-5-13-29-19)25-17-8-11-26(12-9-17)18-14-20(27-2)16-21(15-18)28-3;/h14-17,19H,4-13H2,1-3H3,(H2,23,24,25);1H. The number of nitrogens with one attached hydrogen (secondary N) is 2. The molecule has 7 nitrogen and oxygen atoms in total. The van der Waals surface area contributed by atoms with Gasteiger partial charge in [0.15, 0.2) is 5.96 Å². The average Bonchev–Trinajstić information content (AvgIpc) is 3.27. The van der Waals surface area contributed by atoms with E-state index in [1.807, 2.05) is 6.07 Å². The first-order valence-electron chi connectivity index (χ1n) is 10.9. The zero-order valence-electron chi connectivity index (χ0n) is 18.5. The van der Waals surface area contributed by atoms with Crippen molar-refractivity contribution >= 4 is 35.6 Å². The highest BCUT2D eigenvalue weighted by Gasteiger charge is 2.21. The van der Waals surface area contributed by atoms with Gasteiger partial charge in [-0.3, -0.25) is 4.99 Å². The third-order valence-electron chi connectivity index (χ3n) is 5.63. The highest BCUT2D eigenvalue weighted by molar-refractivity contribution is 14.0. The number of rotatable bonds is 8. The molecule has 1 atom stereocenters. The number of hydrogen-bond donors (Lipinski definition) is 2. The average molecular weight is 532 g/mol. The van der Waals surface area contributed by atoms with Crippen LogP contribution < -0.4 is 25.0 Å². The van der Waals surface area contributed by atoms with Crippen LogP contribution in [0.5, 0.6) is 11.5 Å². The molecule has 1 unspecified atom stereocenters. The Balaban J connectivity index is 0.00000320. The van der Waals surface area contributed by atoms with Gasteiger partial charge in [-0.25, -0.2) is 0 Å². The van der Waals surface area contributed by atoms with Gasteiger partial charge in [-0.15, -0.1) is 24.0 Å². The predicted octanol–water partition coefficient (Wildman–Crippen LogP) is 3.41. The quantitative estimate of drug-likeness (QED) is 0.304. The number of aliphatic imine (C=N–C) groups is 1. The lowest BCUT2D eigenvalue weighted by atomic mass is 10.0. The topological polar surface area (TPSA) is 67.4 Å². The molecular weight excluding hydrogens is 495 g/mol. The molecule has 1 aromatic carbocycles. The van der Waals surface area contributed by atoms with Crippen LogP contribution in [0.1, 0.15) is 39.0 Å². The summed E-state index contributed by atoms with van der Waals surface area (Å²) in [6.07, 6.45) is 5.89. The van der Waals surface area contributed by atoms with E-state index in [1.54, 1.807) is 14.2 Å². The summed E-state index contributed by atoms with van der Waals surface area (Å²) in [4.78, 5) is 7.15. The summed E-state index contributed by atoms with van der Waals surface area (Å²) in [7, 11) is 3.38. The summed E-state index contributed by atoms with van der Waals surface area (Å²) < 4.78 is 16.5. The van der Waals surface area contributed by atoms with E-state index in [0.29, 0.717) is 12.1 Å². The van der Waals surface area contributed by atoms with Crippen molar-refractivity contribution in [1.82, 2.24) is 10.6 Å². The Hall–Kier alpha value is -1.42. The van der Waals surface area contributed by atoms with E-state index in [1.165, 1.54) is 12.8 Å². The van der Waals surface area contributed by atoms with E-state index in [-0.39, 0.29) is 24.0 Å². The van der Waals surface area contributed by atoms with Gasteiger partial charge in [0.25, 0.3) is 0 Å². The maximum atomic E-state index is 5.70. The van der Waals surface area contributed by atoms with Crippen LogP contribution in [0, 0.1) is 0 Å². The Morgan fingerprint density at radius 1 is 1.13 bits per heavy atom. The number of benzene rings is 1. The molecule has 2 aliphatic heterocycles. The normalized spacial score (nSPS) is 19.9. The van der Waals surface area contributed by atoms with Crippen LogP contribution >= 0.6 is 24.0 Å². The molecule has 2 saturated heterocycles. The lowest BCUT2D eigenvalue weighted by Crippen LogP contribution is -2.48. The molecule has 170 valence electrons. The van der Waals surface area contributed by atoms with E-state index in [0.717, 1.165) is 75.2 Å². The summed E-state index contributed by atoms with van der Waals surface area (Å²) >= 11 is 0. The first-order chi connectivity index (χ1) is 14.2. The summed E-state index contributed by atoms with van der Waals surface area (Å²) in [5, 5.41) is 7.00. The first-order valence-corrected chi connectivity index (χ1v) is 10.9. The van der Waals surface area contributed by atoms with Crippen molar-refractivity contribution in [2.24, 2.45) is 4.99 Å². The summed E-state index contributed by atoms with van der Waals surface area (Å²) in [5.41, 5.74) is 1.15. The zero-order valence-corrected chi connectivity index (χ0v) is 20.8. The number of halogens is 1. The van der Waals surface area contributed by atoms with Gasteiger partial charge in [0.05, 0.1) is 20.3 Å². The molecule has 1 aromatic rings. The number of methoxy groups -OCH3 is 2. The van der Waals surface area contributed by atoms with Crippen LogP contribution in [0.4, 0.5) is 5.69 Å². The molecule has 2 aliphatic rings. The van der Waals surface area contributed by atoms with Crippen LogP contribution in [0.25, 0.3) is 0 Å². The molecular formula is C22H37IN4O3. The molecule has 2 N–H and O–H groups in total. The third-order valence-corrected chi connectivity index (χ3v) is 5.63. The van der Waals surface area contributed by atoms with Gasteiger partial charge in [-0.2, -0.15) is 0 Å². The fraction of sp³-hybridized carbons (Fsp3) is 0.682. The van der Waals surface area contributed by atoms with Crippen LogP contribution in [0.3, 0.4) is 0 Å². The molecule has 0 aromatic heterocycles. The minimum absolute atomic E-state index is 0. The van der Waals surface area contributed by atoms with E-state index >= 15 is 0 Å².